The molecule has 0 fully saturated rings. The van der Waals surface area contributed by atoms with Crippen LogP contribution in [0.25, 0.3) is 0 Å². The fourth-order valence-corrected chi connectivity index (χ4v) is 3.47. The molecule has 3 rings (SSSR count). The van der Waals surface area contributed by atoms with Gasteiger partial charge in [0.15, 0.2) is 5.13 Å². The Hall–Kier alpha value is -2.70. The quantitative estimate of drug-likeness (QED) is 0.605. The maximum absolute atomic E-state index is 12.4. The van der Waals surface area contributed by atoms with Crippen LogP contribution in [0, 0.1) is 6.92 Å². The highest BCUT2D eigenvalue weighted by Crippen LogP contribution is 2.22. The molecule has 0 radical (unpaired) electrons. The normalized spacial score (nSPS) is 11.8. The summed E-state index contributed by atoms with van der Waals surface area (Å²) in [5, 5.41) is 3.42. The second kappa shape index (κ2) is 9.48. The maximum Gasteiger partial charge on any atom is 0.255 e. The van der Waals surface area contributed by atoms with Gasteiger partial charge in [-0.3, -0.25) is 10.1 Å². The monoisotopic (exact) mass is 396 g/mol. The van der Waals surface area contributed by atoms with Gasteiger partial charge in [-0.15, -0.1) is 11.3 Å². The molecule has 1 amide bonds. The number of nitrogens with one attached hydrogen (secondary N) is 1. The van der Waals surface area contributed by atoms with Crippen LogP contribution in [0.1, 0.15) is 28.5 Å². The molecule has 3 aromatic rings. The van der Waals surface area contributed by atoms with Gasteiger partial charge in [0.2, 0.25) is 0 Å². The Morgan fingerprint density at radius 2 is 1.96 bits per heavy atom. The van der Waals surface area contributed by atoms with Crippen molar-refractivity contribution >= 4 is 22.4 Å². The number of nitrogens with zero attached hydrogens (tertiary/aromatic N) is 1. The molecule has 0 aliphatic heterocycles. The Morgan fingerprint density at radius 1 is 1.18 bits per heavy atom. The SMILES string of the molecule is COc1cccc(COC(C)C(=O)Nc2ncc(Cc3ccc(C)cc3)s2)c1. The first-order valence-corrected chi connectivity index (χ1v) is 9.91. The molecule has 0 bridgehead atoms. The Bertz CT molecular complexity index is 922. The summed E-state index contributed by atoms with van der Waals surface area (Å²) in [5.41, 5.74) is 3.42. The fraction of sp³-hybridized carbons (Fsp3) is 0.273. The van der Waals surface area contributed by atoms with E-state index in [4.69, 9.17) is 9.47 Å². The van der Waals surface area contributed by atoms with Crippen LogP contribution in [0.2, 0.25) is 0 Å². The Labute approximate surface area is 169 Å². The molecule has 0 saturated carbocycles. The van der Waals surface area contributed by atoms with Crippen LogP contribution in [0.4, 0.5) is 5.13 Å². The number of aromatic nitrogens is 1. The first-order valence-electron chi connectivity index (χ1n) is 9.09. The second-order valence-corrected chi connectivity index (χ2v) is 7.70. The number of hydrogen-bond donors (Lipinski definition) is 1. The molecule has 2 aromatic carbocycles. The highest BCUT2D eigenvalue weighted by atomic mass is 32.1. The molecule has 0 spiro atoms. The molecule has 146 valence electrons. The molecule has 6 heteroatoms. The van der Waals surface area contributed by atoms with E-state index in [1.165, 1.54) is 22.5 Å². The van der Waals surface area contributed by atoms with Gasteiger partial charge in [-0.05, 0) is 37.1 Å². The molecule has 1 heterocycles. The standard InChI is InChI=1S/C22H24N2O3S/c1-15-7-9-17(10-8-15)12-20-13-23-22(28-20)24-21(25)16(2)27-14-18-5-4-6-19(11-18)26-3/h4-11,13,16H,12,14H2,1-3H3,(H,23,24,25). The van der Waals surface area contributed by atoms with Crippen LogP contribution in [0.15, 0.2) is 54.7 Å². The largest absolute Gasteiger partial charge is 0.497 e. The molecule has 1 aromatic heterocycles. The summed E-state index contributed by atoms with van der Waals surface area (Å²) in [6.45, 7) is 4.14. The number of hydrogen-bond acceptors (Lipinski definition) is 5. The van der Waals surface area contributed by atoms with E-state index >= 15 is 0 Å². The van der Waals surface area contributed by atoms with Crippen molar-refractivity contribution in [2.45, 2.75) is 33.0 Å². The lowest BCUT2D eigenvalue weighted by molar-refractivity contribution is -0.127. The number of methoxy groups -OCH3 is 1. The van der Waals surface area contributed by atoms with E-state index < -0.39 is 6.10 Å². The lowest BCUT2D eigenvalue weighted by Gasteiger charge is -2.12. The second-order valence-electron chi connectivity index (χ2n) is 6.59. The molecular weight excluding hydrogens is 372 g/mol. The van der Waals surface area contributed by atoms with Crippen molar-refractivity contribution < 1.29 is 14.3 Å². The predicted octanol–water partition coefficient (Wildman–Crippen LogP) is 4.59. The van der Waals surface area contributed by atoms with Crippen molar-refractivity contribution in [1.82, 2.24) is 4.98 Å². The van der Waals surface area contributed by atoms with Crippen LogP contribution in [0.3, 0.4) is 0 Å². The first-order chi connectivity index (χ1) is 13.5. The number of carbonyl (C=O) groups is 1. The summed E-state index contributed by atoms with van der Waals surface area (Å²) in [6, 6.07) is 16.0. The molecule has 1 unspecified atom stereocenters. The van der Waals surface area contributed by atoms with Gasteiger partial charge in [-0.25, -0.2) is 4.98 Å². The van der Waals surface area contributed by atoms with Gasteiger partial charge in [0.1, 0.15) is 11.9 Å². The third-order valence-electron chi connectivity index (χ3n) is 4.29. The lowest BCUT2D eigenvalue weighted by Crippen LogP contribution is -2.27. The summed E-state index contributed by atoms with van der Waals surface area (Å²) in [4.78, 5) is 17.8. The van der Waals surface area contributed by atoms with Crippen LogP contribution in [-0.4, -0.2) is 24.1 Å². The van der Waals surface area contributed by atoms with Crippen molar-refractivity contribution in [3.8, 4) is 5.75 Å². The van der Waals surface area contributed by atoms with Gasteiger partial charge in [-0.2, -0.15) is 0 Å². The van der Waals surface area contributed by atoms with Crippen LogP contribution in [0.5, 0.6) is 5.75 Å². The van der Waals surface area contributed by atoms with Gasteiger partial charge >= 0.3 is 0 Å². The third-order valence-corrected chi connectivity index (χ3v) is 5.20. The van der Waals surface area contributed by atoms with E-state index in [-0.39, 0.29) is 5.91 Å². The van der Waals surface area contributed by atoms with Gasteiger partial charge in [-0.1, -0.05) is 42.0 Å². The minimum Gasteiger partial charge on any atom is -0.497 e. The van der Waals surface area contributed by atoms with Crippen molar-refractivity contribution in [2.75, 3.05) is 12.4 Å². The fourth-order valence-electron chi connectivity index (χ4n) is 2.62. The van der Waals surface area contributed by atoms with Crippen LogP contribution in [-0.2, 0) is 22.6 Å². The van der Waals surface area contributed by atoms with Gasteiger partial charge in [0.25, 0.3) is 5.91 Å². The van der Waals surface area contributed by atoms with E-state index in [0.717, 1.165) is 22.6 Å². The van der Waals surface area contributed by atoms with Crippen molar-refractivity contribution in [3.05, 3.63) is 76.3 Å². The number of ether oxygens (including phenoxy) is 2. The predicted molar refractivity (Wildman–Crippen MR) is 112 cm³/mol. The summed E-state index contributed by atoms with van der Waals surface area (Å²) in [6.07, 6.45) is 2.02. The lowest BCUT2D eigenvalue weighted by atomic mass is 10.1. The Morgan fingerprint density at radius 3 is 2.71 bits per heavy atom. The number of carbonyl (C=O) groups excluding carboxylic acids is 1. The zero-order valence-corrected chi connectivity index (χ0v) is 17.1. The number of benzene rings is 2. The van der Waals surface area contributed by atoms with E-state index in [1.54, 1.807) is 14.0 Å². The average molecular weight is 397 g/mol. The van der Waals surface area contributed by atoms with Crippen molar-refractivity contribution in [1.29, 1.82) is 0 Å². The molecular formula is C22H24N2O3S. The minimum absolute atomic E-state index is 0.209. The van der Waals surface area contributed by atoms with Crippen molar-refractivity contribution in [2.24, 2.45) is 0 Å². The maximum atomic E-state index is 12.4. The Kier molecular flexibility index (Phi) is 6.79. The zero-order chi connectivity index (χ0) is 19.9. The number of rotatable bonds is 8. The molecule has 0 saturated heterocycles. The van der Waals surface area contributed by atoms with E-state index in [2.05, 4.69) is 41.5 Å². The average Bonchev–Trinajstić information content (AvgIpc) is 3.14. The van der Waals surface area contributed by atoms with Crippen molar-refractivity contribution in [3.63, 3.8) is 0 Å². The molecule has 0 aliphatic rings. The highest BCUT2D eigenvalue weighted by Gasteiger charge is 2.15. The number of anilines is 1. The van der Waals surface area contributed by atoms with Gasteiger partial charge in [0.05, 0.1) is 13.7 Å². The van der Waals surface area contributed by atoms with E-state index in [9.17, 15) is 4.79 Å². The van der Waals surface area contributed by atoms with Crippen LogP contribution < -0.4 is 10.1 Å². The van der Waals surface area contributed by atoms with Gasteiger partial charge < -0.3 is 9.47 Å². The van der Waals surface area contributed by atoms with E-state index in [0.29, 0.717) is 11.7 Å². The van der Waals surface area contributed by atoms with Crippen LogP contribution >= 0.6 is 11.3 Å². The molecule has 1 N–H and O–H groups in total. The smallest absolute Gasteiger partial charge is 0.255 e. The topological polar surface area (TPSA) is 60.5 Å². The summed E-state index contributed by atoms with van der Waals surface area (Å²) < 4.78 is 10.9. The number of aryl methyl sites for hydroxylation is 1. The number of thiazole rings is 1. The third kappa shape index (κ3) is 5.65. The molecule has 0 aliphatic carbocycles. The highest BCUT2D eigenvalue weighted by molar-refractivity contribution is 7.15. The molecule has 28 heavy (non-hydrogen) atoms. The molecule has 5 nitrogen and oxygen atoms in total. The minimum atomic E-state index is -0.587. The zero-order valence-electron chi connectivity index (χ0n) is 16.3. The first kappa shape index (κ1) is 20.0. The van der Waals surface area contributed by atoms with E-state index in [1.807, 2.05) is 30.5 Å². The van der Waals surface area contributed by atoms with Gasteiger partial charge in [0, 0.05) is 17.5 Å². The summed E-state index contributed by atoms with van der Waals surface area (Å²) in [5.74, 6) is 0.557. The summed E-state index contributed by atoms with van der Waals surface area (Å²) >= 11 is 1.48. The Balaban J connectivity index is 1.51. The summed E-state index contributed by atoms with van der Waals surface area (Å²) in [7, 11) is 1.62. The molecule has 1 atom stereocenters. The number of amides is 1.